The average molecular weight is 374 g/mol. The molecule has 0 saturated heterocycles. The standard InChI is InChI=1S/C27H22N2/c1-27(2)21-13-25-19(15-7-3-5-9-23(15)28-25)11-17(21)18-12-20-16-8-4-6-10-24(16)29-26(20)14-22(18)27/h3-14,17,21,28-29H,1-2H3. The number of para-hydroxylation sites is 2. The molecule has 0 bridgehead atoms. The summed E-state index contributed by atoms with van der Waals surface area (Å²) in [6.07, 6.45) is 5.01. The second-order valence-electron chi connectivity index (χ2n) is 9.26. The smallest absolute Gasteiger partial charge is 0.0468 e. The van der Waals surface area contributed by atoms with Gasteiger partial charge < -0.3 is 9.97 Å². The molecule has 0 fully saturated rings. The molecule has 0 radical (unpaired) electrons. The van der Waals surface area contributed by atoms with E-state index in [0.29, 0.717) is 11.8 Å². The number of aromatic amines is 2. The lowest BCUT2D eigenvalue weighted by Gasteiger charge is -2.29. The van der Waals surface area contributed by atoms with Crippen molar-refractivity contribution in [2.45, 2.75) is 25.2 Å². The van der Waals surface area contributed by atoms with E-state index in [4.69, 9.17) is 0 Å². The van der Waals surface area contributed by atoms with Crippen LogP contribution in [0.2, 0.25) is 0 Å². The largest absolute Gasteiger partial charge is 0.355 e. The SMILES string of the molecule is CC1(C)c2cc3[nH]c4ccccc4c3cc2C2C=c3c([nH]c4ccccc34)=CC21. The van der Waals surface area contributed by atoms with Crippen LogP contribution in [0.3, 0.4) is 0 Å². The number of hydrogen-bond donors (Lipinski definition) is 2. The molecule has 2 aromatic heterocycles. The fraction of sp³-hybridized carbons (Fsp3) is 0.185. The van der Waals surface area contributed by atoms with E-state index in [2.05, 4.69) is 96.6 Å². The summed E-state index contributed by atoms with van der Waals surface area (Å²) in [5, 5.41) is 6.64. The summed E-state index contributed by atoms with van der Waals surface area (Å²) in [7, 11) is 0. The predicted molar refractivity (Wildman–Crippen MR) is 122 cm³/mol. The normalized spacial score (nSPS) is 21.6. The fourth-order valence-electron chi connectivity index (χ4n) is 5.93. The summed E-state index contributed by atoms with van der Waals surface area (Å²) in [5.74, 6) is 0.889. The Morgan fingerprint density at radius 1 is 0.724 bits per heavy atom. The molecule has 29 heavy (non-hydrogen) atoms. The van der Waals surface area contributed by atoms with Crippen LogP contribution in [-0.4, -0.2) is 9.97 Å². The first kappa shape index (κ1) is 15.6. The Labute approximate surface area is 168 Å². The maximum atomic E-state index is 3.65. The Kier molecular flexibility index (Phi) is 2.70. The highest BCUT2D eigenvalue weighted by Crippen LogP contribution is 2.53. The zero-order valence-electron chi connectivity index (χ0n) is 16.6. The number of H-pyrrole nitrogens is 2. The summed E-state index contributed by atoms with van der Waals surface area (Å²) < 4.78 is 0. The molecule has 2 heterocycles. The van der Waals surface area contributed by atoms with Crippen LogP contribution in [-0.2, 0) is 5.41 Å². The van der Waals surface area contributed by atoms with Gasteiger partial charge in [0.1, 0.15) is 0 Å². The Hall–Kier alpha value is -3.26. The minimum Gasteiger partial charge on any atom is -0.355 e. The number of rotatable bonds is 0. The van der Waals surface area contributed by atoms with Crippen LogP contribution in [0.4, 0.5) is 0 Å². The van der Waals surface area contributed by atoms with E-state index < -0.39 is 0 Å². The molecule has 2 aliphatic rings. The van der Waals surface area contributed by atoms with E-state index in [1.54, 1.807) is 0 Å². The predicted octanol–water partition coefficient (Wildman–Crippen LogP) is 5.07. The fourth-order valence-corrected chi connectivity index (χ4v) is 5.93. The van der Waals surface area contributed by atoms with E-state index in [1.165, 1.54) is 54.4 Å². The van der Waals surface area contributed by atoms with Crippen molar-refractivity contribution in [3.63, 3.8) is 0 Å². The Balaban J connectivity index is 1.57. The molecule has 140 valence electrons. The van der Waals surface area contributed by atoms with Gasteiger partial charge in [-0.05, 0) is 46.7 Å². The van der Waals surface area contributed by atoms with Crippen molar-refractivity contribution in [3.8, 4) is 0 Å². The molecule has 3 aromatic carbocycles. The Morgan fingerprint density at radius 2 is 1.45 bits per heavy atom. The lowest BCUT2D eigenvalue weighted by molar-refractivity contribution is 0.421. The van der Waals surface area contributed by atoms with Gasteiger partial charge in [0.2, 0.25) is 0 Å². The van der Waals surface area contributed by atoms with Crippen molar-refractivity contribution >= 4 is 44.9 Å². The number of benzene rings is 3. The molecule has 7 rings (SSSR count). The molecule has 2 heteroatoms. The van der Waals surface area contributed by atoms with Gasteiger partial charge in [-0.25, -0.2) is 0 Å². The molecule has 0 amide bonds. The minimum atomic E-state index is 0.0942. The second kappa shape index (κ2) is 5.01. The first-order valence-corrected chi connectivity index (χ1v) is 10.5. The lowest BCUT2D eigenvalue weighted by atomic mass is 9.74. The van der Waals surface area contributed by atoms with Gasteiger partial charge in [-0.3, -0.25) is 0 Å². The molecule has 2 nitrogen and oxygen atoms in total. The monoisotopic (exact) mass is 374 g/mol. The Morgan fingerprint density at radius 3 is 2.28 bits per heavy atom. The minimum absolute atomic E-state index is 0.0942. The van der Waals surface area contributed by atoms with Crippen LogP contribution in [0.25, 0.3) is 44.9 Å². The quantitative estimate of drug-likeness (QED) is 0.379. The Bertz CT molecular complexity index is 1590. The first-order chi connectivity index (χ1) is 14.1. The number of hydrogen-bond acceptors (Lipinski definition) is 0. The molecular formula is C27H22N2. The number of nitrogens with one attached hydrogen (secondary N) is 2. The molecule has 0 saturated carbocycles. The molecule has 2 atom stereocenters. The summed E-state index contributed by atoms with van der Waals surface area (Å²) in [5.41, 5.74) is 6.77. The zero-order valence-corrected chi connectivity index (χ0v) is 16.6. The van der Waals surface area contributed by atoms with Gasteiger partial charge in [-0.1, -0.05) is 62.4 Å². The molecule has 0 aliphatic heterocycles. The maximum Gasteiger partial charge on any atom is 0.0468 e. The van der Waals surface area contributed by atoms with Crippen LogP contribution in [0, 0.1) is 5.92 Å². The van der Waals surface area contributed by atoms with Gasteiger partial charge in [0.15, 0.2) is 0 Å². The summed E-state index contributed by atoms with van der Waals surface area (Å²) >= 11 is 0. The highest BCUT2D eigenvalue weighted by Gasteiger charge is 2.45. The summed E-state index contributed by atoms with van der Waals surface area (Å²) in [6, 6.07) is 22.2. The number of aromatic nitrogens is 2. The van der Waals surface area contributed by atoms with E-state index in [1.807, 2.05) is 0 Å². The molecule has 5 aromatic rings. The van der Waals surface area contributed by atoms with Gasteiger partial charge in [0.25, 0.3) is 0 Å². The maximum absolute atomic E-state index is 3.65. The lowest BCUT2D eigenvalue weighted by Crippen LogP contribution is -2.34. The van der Waals surface area contributed by atoms with Crippen LogP contribution < -0.4 is 10.6 Å². The van der Waals surface area contributed by atoms with Crippen LogP contribution in [0.1, 0.15) is 30.9 Å². The first-order valence-electron chi connectivity index (χ1n) is 10.5. The molecule has 2 aliphatic carbocycles. The molecule has 0 spiro atoms. The van der Waals surface area contributed by atoms with Crippen molar-refractivity contribution in [2.75, 3.05) is 0 Å². The molecular weight excluding hydrogens is 352 g/mol. The van der Waals surface area contributed by atoms with Crippen LogP contribution in [0.5, 0.6) is 0 Å². The van der Waals surface area contributed by atoms with Crippen LogP contribution >= 0.6 is 0 Å². The topological polar surface area (TPSA) is 31.6 Å². The van der Waals surface area contributed by atoms with Crippen molar-refractivity contribution in [3.05, 3.63) is 82.4 Å². The summed E-state index contributed by atoms with van der Waals surface area (Å²) in [4.78, 5) is 7.29. The van der Waals surface area contributed by atoms with E-state index in [9.17, 15) is 0 Å². The average Bonchev–Trinajstić information content (AvgIpc) is 3.34. The van der Waals surface area contributed by atoms with E-state index >= 15 is 0 Å². The molecule has 2 N–H and O–H groups in total. The van der Waals surface area contributed by atoms with E-state index in [0.717, 1.165) is 0 Å². The highest BCUT2D eigenvalue weighted by atomic mass is 14.7. The van der Waals surface area contributed by atoms with E-state index in [-0.39, 0.29) is 5.41 Å². The van der Waals surface area contributed by atoms with Gasteiger partial charge in [-0.15, -0.1) is 0 Å². The zero-order chi connectivity index (χ0) is 19.3. The van der Waals surface area contributed by atoms with Crippen molar-refractivity contribution < 1.29 is 0 Å². The summed E-state index contributed by atoms with van der Waals surface area (Å²) in [6.45, 7) is 4.81. The van der Waals surface area contributed by atoms with Crippen molar-refractivity contribution in [1.82, 2.24) is 9.97 Å². The second-order valence-corrected chi connectivity index (χ2v) is 9.26. The third-order valence-electron chi connectivity index (χ3n) is 7.42. The van der Waals surface area contributed by atoms with Gasteiger partial charge >= 0.3 is 0 Å². The molecule has 2 unspecified atom stereocenters. The van der Waals surface area contributed by atoms with Crippen LogP contribution in [0.15, 0.2) is 60.7 Å². The van der Waals surface area contributed by atoms with Crippen molar-refractivity contribution in [1.29, 1.82) is 0 Å². The third kappa shape index (κ3) is 1.87. The highest BCUT2D eigenvalue weighted by molar-refractivity contribution is 6.08. The van der Waals surface area contributed by atoms with Crippen molar-refractivity contribution in [2.24, 2.45) is 5.92 Å². The number of fused-ring (bicyclic) bond motifs is 9. The van der Waals surface area contributed by atoms with Gasteiger partial charge in [-0.2, -0.15) is 0 Å². The van der Waals surface area contributed by atoms with Gasteiger partial charge in [0.05, 0.1) is 0 Å². The third-order valence-corrected chi connectivity index (χ3v) is 7.42. The van der Waals surface area contributed by atoms with Gasteiger partial charge in [0, 0.05) is 49.2 Å².